The van der Waals surface area contributed by atoms with E-state index in [4.69, 9.17) is 11.6 Å². The average molecular weight is 475 g/mol. The smallest absolute Gasteiger partial charge is 0.254 e. The van der Waals surface area contributed by atoms with E-state index in [-0.39, 0.29) is 18.0 Å². The van der Waals surface area contributed by atoms with Crippen molar-refractivity contribution in [1.29, 1.82) is 0 Å². The summed E-state index contributed by atoms with van der Waals surface area (Å²) in [4.78, 5) is 17.2. The van der Waals surface area contributed by atoms with Crippen molar-refractivity contribution in [2.24, 2.45) is 0 Å². The Morgan fingerprint density at radius 1 is 0.912 bits per heavy atom. The molecule has 0 spiro atoms. The van der Waals surface area contributed by atoms with E-state index in [0.717, 1.165) is 16.6 Å². The zero-order chi connectivity index (χ0) is 23.8. The van der Waals surface area contributed by atoms with Crippen LogP contribution in [0.1, 0.15) is 24.2 Å². The number of hydrogen-bond donors (Lipinski definition) is 0. The Bertz CT molecular complexity index is 1360. The highest BCUT2D eigenvalue weighted by atomic mass is 35.5. The normalized spacial score (nSPS) is 18.4. The second kappa shape index (κ2) is 9.03. The number of rotatable bonds is 3. The topological polar surface area (TPSA) is 49.3 Å². The first kappa shape index (κ1) is 22.3. The Morgan fingerprint density at radius 2 is 1.62 bits per heavy atom. The van der Waals surface area contributed by atoms with Gasteiger partial charge in [0.15, 0.2) is 5.82 Å². The molecule has 5 rings (SSSR count). The standard InChI is InChI=1S/C27H24ClFN4O/c1-17-16-33(27(34)19-8-4-3-5-9-19)18(2)15-32(17)26-22-11-7-6-10-21(22)25(30-31-26)23-13-12-20(28)14-24(23)29/h3-14,17-18H,15-16H2,1-2H3/t17-,18+/m1/s1. The summed E-state index contributed by atoms with van der Waals surface area (Å²) in [6.45, 7) is 5.32. The van der Waals surface area contributed by atoms with Crippen LogP contribution in [-0.4, -0.2) is 46.2 Å². The van der Waals surface area contributed by atoms with Crippen LogP contribution in [0.2, 0.25) is 5.02 Å². The summed E-state index contributed by atoms with van der Waals surface area (Å²) in [5.74, 6) is 0.332. The number of carbonyl (C=O) groups excluding carboxylic acids is 1. The van der Waals surface area contributed by atoms with Gasteiger partial charge in [-0.3, -0.25) is 4.79 Å². The maximum Gasteiger partial charge on any atom is 0.254 e. The Labute approximate surface area is 202 Å². The molecular weight excluding hydrogens is 451 g/mol. The monoisotopic (exact) mass is 474 g/mol. The summed E-state index contributed by atoms with van der Waals surface area (Å²) >= 11 is 5.94. The van der Waals surface area contributed by atoms with Crippen molar-refractivity contribution in [3.05, 3.63) is 89.2 Å². The quantitative estimate of drug-likeness (QED) is 0.375. The molecule has 0 N–H and O–H groups in total. The largest absolute Gasteiger partial charge is 0.348 e. The van der Waals surface area contributed by atoms with E-state index in [1.54, 1.807) is 12.1 Å². The van der Waals surface area contributed by atoms with Crippen LogP contribution < -0.4 is 4.90 Å². The van der Waals surface area contributed by atoms with Crippen molar-refractivity contribution in [3.63, 3.8) is 0 Å². The zero-order valence-electron chi connectivity index (χ0n) is 19.0. The van der Waals surface area contributed by atoms with E-state index >= 15 is 0 Å². The highest BCUT2D eigenvalue weighted by Gasteiger charge is 2.34. The van der Waals surface area contributed by atoms with Gasteiger partial charge in [-0.25, -0.2) is 4.39 Å². The number of aromatic nitrogens is 2. The highest BCUT2D eigenvalue weighted by molar-refractivity contribution is 6.30. The summed E-state index contributed by atoms with van der Waals surface area (Å²) in [5, 5.41) is 11.0. The van der Waals surface area contributed by atoms with Gasteiger partial charge in [-0.1, -0.05) is 54.1 Å². The fraction of sp³-hybridized carbons (Fsp3) is 0.222. The number of nitrogens with zero attached hydrogens (tertiary/aromatic N) is 4. The molecule has 1 aliphatic heterocycles. The molecule has 1 fully saturated rings. The Balaban J connectivity index is 1.50. The van der Waals surface area contributed by atoms with Gasteiger partial charge in [-0.05, 0) is 44.2 Å². The minimum Gasteiger partial charge on any atom is -0.348 e. The Morgan fingerprint density at radius 3 is 2.35 bits per heavy atom. The molecule has 2 atom stereocenters. The molecule has 3 aromatic carbocycles. The van der Waals surface area contributed by atoms with E-state index < -0.39 is 5.82 Å². The molecule has 4 aromatic rings. The van der Waals surface area contributed by atoms with Crippen molar-refractivity contribution in [1.82, 2.24) is 15.1 Å². The third kappa shape index (κ3) is 3.99. The number of amides is 1. The van der Waals surface area contributed by atoms with Gasteiger partial charge in [-0.15, -0.1) is 10.2 Å². The molecule has 172 valence electrons. The molecule has 1 aromatic heterocycles. The summed E-state index contributed by atoms with van der Waals surface area (Å²) < 4.78 is 14.7. The van der Waals surface area contributed by atoms with Crippen LogP contribution in [0.3, 0.4) is 0 Å². The van der Waals surface area contributed by atoms with E-state index in [2.05, 4.69) is 22.0 Å². The fourth-order valence-corrected chi connectivity index (χ4v) is 4.79. The fourth-order valence-electron chi connectivity index (χ4n) is 4.63. The number of piperazine rings is 1. The predicted molar refractivity (Wildman–Crippen MR) is 134 cm³/mol. The molecule has 0 unspecified atom stereocenters. The number of carbonyl (C=O) groups is 1. The zero-order valence-corrected chi connectivity index (χ0v) is 19.7. The van der Waals surface area contributed by atoms with E-state index in [0.29, 0.717) is 34.9 Å². The SMILES string of the molecule is C[C@@H]1CN(C(=O)c2ccccc2)[C@@H](C)CN1c1nnc(-c2ccc(Cl)cc2F)c2ccccc12. The van der Waals surface area contributed by atoms with E-state index in [9.17, 15) is 9.18 Å². The summed E-state index contributed by atoms with van der Waals surface area (Å²) in [7, 11) is 0. The van der Waals surface area contributed by atoms with Crippen LogP contribution in [0.5, 0.6) is 0 Å². The number of hydrogen-bond acceptors (Lipinski definition) is 4. The molecule has 34 heavy (non-hydrogen) atoms. The third-order valence-electron chi connectivity index (χ3n) is 6.39. The van der Waals surface area contributed by atoms with E-state index in [1.165, 1.54) is 6.07 Å². The van der Waals surface area contributed by atoms with Gasteiger partial charge in [-0.2, -0.15) is 0 Å². The third-order valence-corrected chi connectivity index (χ3v) is 6.63. The lowest BCUT2D eigenvalue weighted by atomic mass is 10.0. The lowest BCUT2D eigenvalue weighted by Gasteiger charge is -2.44. The molecule has 1 aliphatic rings. The second-order valence-corrected chi connectivity index (χ2v) is 9.15. The number of halogens is 2. The van der Waals surface area contributed by atoms with Gasteiger partial charge < -0.3 is 9.80 Å². The van der Waals surface area contributed by atoms with Crippen molar-refractivity contribution in [3.8, 4) is 11.3 Å². The summed E-state index contributed by atoms with van der Waals surface area (Å²) in [6, 6.07) is 21.7. The van der Waals surface area contributed by atoms with Crippen LogP contribution in [0.15, 0.2) is 72.8 Å². The number of fused-ring (bicyclic) bond motifs is 1. The maximum atomic E-state index is 14.7. The second-order valence-electron chi connectivity index (χ2n) is 8.72. The number of benzene rings is 3. The van der Waals surface area contributed by atoms with Crippen LogP contribution in [0, 0.1) is 5.82 Å². The van der Waals surface area contributed by atoms with Gasteiger partial charge in [0.2, 0.25) is 0 Å². The van der Waals surface area contributed by atoms with Crippen LogP contribution >= 0.6 is 11.6 Å². The van der Waals surface area contributed by atoms with Crippen molar-refractivity contribution in [2.45, 2.75) is 25.9 Å². The van der Waals surface area contributed by atoms with Gasteiger partial charge in [0.25, 0.3) is 5.91 Å². The molecule has 2 heterocycles. The molecule has 1 saturated heterocycles. The first-order chi connectivity index (χ1) is 16.4. The summed E-state index contributed by atoms with van der Waals surface area (Å²) in [5.41, 5.74) is 1.53. The summed E-state index contributed by atoms with van der Waals surface area (Å²) in [6.07, 6.45) is 0. The Kier molecular flexibility index (Phi) is 5.92. The Hall–Kier alpha value is -3.51. The molecule has 0 bridgehead atoms. The molecular formula is C27H24ClFN4O. The molecule has 0 aliphatic carbocycles. The molecule has 0 radical (unpaired) electrons. The first-order valence-electron chi connectivity index (χ1n) is 11.3. The van der Waals surface area contributed by atoms with Crippen LogP contribution in [0.4, 0.5) is 10.2 Å². The number of anilines is 1. The van der Waals surface area contributed by atoms with Crippen LogP contribution in [0.25, 0.3) is 22.0 Å². The minimum absolute atomic E-state index is 0.0159. The molecule has 7 heteroatoms. The lowest BCUT2D eigenvalue weighted by molar-refractivity contribution is 0.0644. The van der Waals surface area contributed by atoms with Gasteiger partial charge in [0, 0.05) is 52.1 Å². The lowest BCUT2D eigenvalue weighted by Crippen LogP contribution is -2.58. The first-order valence-corrected chi connectivity index (χ1v) is 11.7. The maximum absolute atomic E-state index is 14.7. The van der Waals surface area contributed by atoms with Gasteiger partial charge >= 0.3 is 0 Å². The van der Waals surface area contributed by atoms with Crippen LogP contribution in [-0.2, 0) is 0 Å². The predicted octanol–water partition coefficient (Wildman–Crippen LogP) is 5.83. The average Bonchev–Trinajstić information content (AvgIpc) is 2.85. The van der Waals surface area contributed by atoms with Gasteiger partial charge in [0.05, 0.1) is 0 Å². The van der Waals surface area contributed by atoms with E-state index in [1.807, 2.05) is 66.4 Å². The van der Waals surface area contributed by atoms with Crippen molar-refractivity contribution < 1.29 is 9.18 Å². The van der Waals surface area contributed by atoms with Crippen molar-refractivity contribution >= 4 is 34.1 Å². The molecule has 0 saturated carbocycles. The van der Waals surface area contributed by atoms with Gasteiger partial charge in [0.1, 0.15) is 11.5 Å². The van der Waals surface area contributed by atoms with Crippen molar-refractivity contribution in [2.75, 3.05) is 18.0 Å². The minimum atomic E-state index is -0.435. The highest BCUT2D eigenvalue weighted by Crippen LogP contribution is 2.35. The molecule has 5 nitrogen and oxygen atoms in total. The molecule has 1 amide bonds.